The van der Waals surface area contributed by atoms with Crippen molar-refractivity contribution < 1.29 is 5.11 Å². The zero-order chi connectivity index (χ0) is 13.4. The number of fused-ring (bicyclic) bond motifs is 1. The first kappa shape index (κ1) is 12.0. The Kier molecular flexibility index (Phi) is 2.87. The maximum atomic E-state index is 11.8. The van der Waals surface area contributed by atoms with Gasteiger partial charge < -0.3 is 19.9 Å². The number of aromatic hydroxyl groups is 1. The predicted octanol–water partition coefficient (Wildman–Crippen LogP) is 0.381. The van der Waals surface area contributed by atoms with Crippen molar-refractivity contribution in [3.63, 3.8) is 0 Å². The number of rotatable bonds is 1. The number of likely N-dealkylation sites (N-methyl/N-ethyl adjacent to an activating group) is 1. The lowest BCUT2D eigenvalue weighted by Crippen LogP contribution is -2.44. The number of H-pyrrole nitrogens is 1. The summed E-state index contributed by atoms with van der Waals surface area (Å²) in [6.45, 7) is 3.73. The van der Waals surface area contributed by atoms with Crippen LogP contribution in [0.4, 0.5) is 5.69 Å². The van der Waals surface area contributed by atoms with E-state index < -0.39 is 0 Å². The molecule has 0 atom stereocenters. The highest BCUT2D eigenvalue weighted by atomic mass is 16.3. The summed E-state index contributed by atoms with van der Waals surface area (Å²) in [6, 6.07) is 3.48. The summed E-state index contributed by atoms with van der Waals surface area (Å²) in [5.41, 5.74) is 0.995. The molecule has 0 spiro atoms. The van der Waals surface area contributed by atoms with E-state index in [-0.39, 0.29) is 11.3 Å². The molecule has 1 aromatic carbocycles. The Morgan fingerprint density at radius 3 is 2.74 bits per heavy atom. The maximum Gasteiger partial charge on any atom is 0.258 e. The van der Waals surface area contributed by atoms with Crippen LogP contribution in [0.15, 0.2) is 23.3 Å². The van der Waals surface area contributed by atoms with Crippen molar-refractivity contribution in [3.05, 3.63) is 28.8 Å². The number of aromatic nitrogens is 2. The van der Waals surface area contributed by atoms with Gasteiger partial charge in [-0.3, -0.25) is 4.79 Å². The first-order valence-electron chi connectivity index (χ1n) is 6.29. The zero-order valence-electron chi connectivity index (χ0n) is 10.8. The number of hydrogen-bond donors (Lipinski definition) is 2. The molecule has 6 heteroatoms. The van der Waals surface area contributed by atoms with Crippen LogP contribution in [0.5, 0.6) is 5.75 Å². The van der Waals surface area contributed by atoms with Gasteiger partial charge in [-0.1, -0.05) is 0 Å². The molecular weight excluding hydrogens is 244 g/mol. The zero-order valence-corrected chi connectivity index (χ0v) is 10.8. The second-order valence-electron chi connectivity index (χ2n) is 4.88. The molecule has 19 heavy (non-hydrogen) atoms. The smallest absolute Gasteiger partial charge is 0.258 e. The molecule has 6 nitrogen and oxygen atoms in total. The molecule has 1 aromatic heterocycles. The van der Waals surface area contributed by atoms with E-state index in [4.69, 9.17) is 0 Å². The fraction of sp³-hybridized carbons (Fsp3) is 0.385. The van der Waals surface area contributed by atoms with Gasteiger partial charge in [-0.25, -0.2) is 4.98 Å². The second kappa shape index (κ2) is 4.55. The first-order valence-corrected chi connectivity index (χ1v) is 6.29. The standard InChI is InChI=1S/C13H16N4O2/c1-16-2-4-17(5-3-16)9-6-10-12(11(18)7-9)14-8-15-13(10)19/h6-8,18H,2-5H2,1H3,(H,14,15,19). The molecule has 1 aliphatic heterocycles. The minimum atomic E-state index is -0.226. The Morgan fingerprint density at radius 2 is 2.00 bits per heavy atom. The summed E-state index contributed by atoms with van der Waals surface area (Å²) in [7, 11) is 2.09. The average Bonchev–Trinajstić information content (AvgIpc) is 2.41. The van der Waals surface area contributed by atoms with Crippen LogP contribution < -0.4 is 10.5 Å². The molecule has 0 unspecified atom stereocenters. The van der Waals surface area contributed by atoms with Crippen molar-refractivity contribution in [3.8, 4) is 5.75 Å². The quantitative estimate of drug-likeness (QED) is 0.775. The molecule has 1 fully saturated rings. The fourth-order valence-corrected chi connectivity index (χ4v) is 2.39. The molecule has 0 bridgehead atoms. The number of aromatic amines is 1. The monoisotopic (exact) mass is 260 g/mol. The number of nitrogens with zero attached hydrogens (tertiary/aromatic N) is 3. The average molecular weight is 260 g/mol. The van der Waals surface area contributed by atoms with Crippen molar-refractivity contribution >= 4 is 16.6 Å². The number of piperazine rings is 1. The van der Waals surface area contributed by atoms with E-state index in [1.165, 1.54) is 6.33 Å². The van der Waals surface area contributed by atoms with Crippen LogP contribution in [0.25, 0.3) is 10.9 Å². The highest BCUT2D eigenvalue weighted by Crippen LogP contribution is 2.27. The van der Waals surface area contributed by atoms with Crippen LogP contribution in [-0.2, 0) is 0 Å². The Balaban J connectivity index is 2.06. The van der Waals surface area contributed by atoms with Gasteiger partial charge in [-0.2, -0.15) is 0 Å². The highest BCUT2D eigenvalue weighted by Gasteiger charge is 2.16. The minimum absolute atomic E-state index is 0.0533. The fourth-order valence-electron chi connectivity index (χ4n) is 2.39. The van der Waals surface area contributed by atoms with Crippen molar-refractivity contribution in [1.29, 1.82) is 0 Å². The van der Waals surface area contributed by atoms with Crippen molar-refractivity contribution in [2.75, 3.05) is 38.1 Å². The molecule has 0 aliphatic carbocycles. The Labute approximate surface area is 110 Å². The lowest BCUT2D eigenvalue weighted by molar-refractivity contribution is 0.313. The second-order valence-corrected chi connectivity index (χ2v) is 4.88. The van der Waals surface area contributed by atoms with Crippen molar-refractivity contribution in [2.45, 2.75) is 0 Å². The van der Waals surface area contributed by atoms with Crippen LogP contribution in [0, 0.1) is 0 Å². The lowest BCUT2D eigenvalue weighted by Gasteiger charge is -2.34. The molecule has 0 saturated carbocycles. The summed E-state index contributed by atoms with van der Waals surface area (Å²) < 4.78 is 0. The summed E-state index contributed by atoms with van der Waals surface area (Å²) in [5, 5.41) is 10.4. The molecule has 0 amide bonds. The van der Waals surface area contributed by atoms with Gasteiger partial charge in [-0.15, -0.1) is 0 Å². The van der Waals surface area contributed by atoms with E-state index in [0.717, 1.165) is 31.9 Å². The van der Waals surface area contributed by atoms with Gasteiger partial charge in [0.05, 0.1) is 11.7 Å². The Hall–Kier alpha value is -2.08. The number of anilines is 1. The molecule has 2 aromatic rings. The largest absolute Gasteiger partial charge is 0.506 e. The number of nitrogens with one attached hydrogen (secondary N) is 1. The molecule has 2 heterocycles. The van der Waals surface area contributed by atoms with Crippen LogP contribution in [0.3, 0.4) is 0 Å². The molecular formula is C13H16N4O2. The van der Waals surface area contributed by atoms with Gasteiger partial charge in [-0.05, 0) is 13.1 Å². The van der Waals surface area contributed by atoms with Gasteiger partial charge >= 0.3 is 0 Å². The summed E-state index contributed by atoms with van der Waals surface area (Å²) in [6.07, 6.45) is 1.31. The van der Waals surface area contributed by atoms with Gasteiger partial charge in [0, 0.05) is 37.9 Å². The van der Waals surface area contributed by atoms with E-state index >= 15 is 0 Å². The number of hydrogen-bond acceptors (Lipinski definition) is 5. The topological polar surface area (TPSA) is 72.5 Å². The van der Waals surface area contributed by atoms with E-state index in [1.54, 1.807) is 12.1 Å². The summed E-state index contributed by atoms with van der Waals surface area (Å²) in [4.78, 5) is 22.8. The molecule has 3 rings (SSSR count). The van der Waals surface area contributed by atoms with Gasteiger partial charge in [0.2, 0.25) is 0 Å². The third-order valence-corrected chi connectivity index (χ3v) is 3.58. The normalized spacial score (nSPS) is 17.0. The highest BCUT2D eigenvalue weighted by molar-refractivity contribution is 5.87. The van der Waals surface area contributed by atoms with Crippen LogP contribution >= 0.6 is 0 Å². The van der Waals surface area contributed by atoms with Gasteiger partial charge in [0.25, 0.3) is 5.56 Å². The predicted molar refractivity (Wildman–Crippen MR) is 73.7 cm³/mol. The number of benzene rings is 1. The third-order valence-electron chi connectivity index (χ3n) is 3.58. The SMILES string of the molecule is CN1CCN(c2cc(O)c3nc[nH]c(=O)c3c2)CC1. The summed E-state index contributed by atoms with van der Waals surface area (Å²) >= 11 is 0. The Morgan fingerprint density at radius 1 is 1.26 bits per heavy atom. The Bertz CT molecular complexity index is 659. The lowest BCUT2D eigenvalue weighted by atomic mass is 10.1. The van der Waals surface area contributed by atoms with E-state index in [0.29, 0.717) is 10.9 Å². The van der Waals surface area contributed by atoms with Crippen LogP contribution in [0.1, 0.15) is 0 Å². The van der Waals surface area contributed by atoms with Crippen molar-refractivity contribution in [1.82, 2.24) is 14.9 Å². The van der Waals surface area contributed by atoms with Gasteiger partial charge in [0.1, 0.15) is 11.3 Å². The number of phenolic OH excluding ortho intramolecular Hbond substituents is 1. The van der Waals surface area contributed by atoms with Gasteiger partial charge in [0.15, 0.2) is 0 Å². The molecule has 2 N–H and O–H groups in total. The third kappa shape index (κ3) is 2.15. The molecule has 1 aliphatic rings. The number of phenols is 1. The molecule has 0 radical (unpaired) electrons. The van der Waals surface area contributed by atoms with E-state index in [2.05, 4.69) is 26.8 Å². The van der Waals surface area contributed by atoms with Crippen LogP contribution in [-0.4, -0.2) is 53.2 Å². The maximum absolute atomic E-state index is 11.8. The van der Waals surface area contributed by atoms with E-state index in [1.807, 2.05) is 0 Å². The van der Waals surface area contributed by atoms with E-state index in [9.17, 15) is 9.90 Å². The van der Waals surface area contributed by atoms with Crippen LogP contribution in [0.2, 0.25) is 0 Å². The first-order chi connectivity index (χ1) is 9.15. The minimum Gasteiger partial charge on any atom is -0.506 e. The molecule has 100 valence electrons. The summed E-state index contributed by atoms with van der Waals surface area (Å²) in [5.74, 6) is 0.0533. The van der Waals surface area contributed by atoms with Crippen molar-refractivity contribution in [2.24, 2.45) is 0 Å². The molecule has 1 saturated heterocycles.